The Morgan fingerprint density at radius 3 is 2.38 bits per heavy atom. The highest BCUT2D eigenvalue weighted by Gasteiger charge is 2.44. The second-order valence-corrected chi connectivity index (χ2v) is 21.7. The van der Waals surface area contributed by atoms with Crippen molar-refractivity contribution in [3.63, 3.8) is 0 Å². The van der Waals surface area contributed by atoms with Crippen molar-refractivity contribution in [3.8, 4) is 45.0 Å². The average Bonchev–Trinajstić information content (AvgIpc) is 4.28. The summed E-state index contributed by atoms with van der Waals surface area (Å²) >= 11 is 1.58. The lowest BCUT2D eigenvalue weighted by Crippen LogP contribution is -2.54. The molecule has 0 spiro atoms. The van der Waals surface area contributed by atoms with E-state index in [9.17, 15) is 19.8 Å². The number of carbonyl (C=O) groups is 2. The van der Waals surface area contributed by atoms with Crippen LogP contribution in [0.1, 0.15) is 87.7 Å². The molecule has 404 valence electrons. The van der Waals surface area contributed by atoms with Crippen LogP contribution in [0.25, 0.3) is 27.8 Å². The van der Waals surface area contributed by atoms with Gasteiger partial charge in [0, 0.05) is 80.6 Å². The molecule has 4 fully saturated rings. The molecule has 2 aromatic carbocycles. The summed E-state index contributed by atoms with van der Waals surface area (Å²) in [5, 5.41) is 36.8. The van der Waals surface area contributed by atoms with Gasteiger partial charge in [-0.05, 0) is 85.3 Å². The van der Waals surface area contributed by atoms with Crippen molar-refractivity contribution in [1.82, 2.24) is 45.5 Å². The molecular weight excluding hydrogens is 1010 g/mol. The first kappa shape index (κ1) is 51.9. The number of amides is 2. The van der Waals surface area contributed by atoms with E-state index < -0.39 is 18.1 Å². The van der Waals surface area contributed by atoms with Gasteiger partial charge in [0.2, 0.25) is 17.7 Å². The molecule has 7 aromatic rings. The smallest absolute Gasteiger partial charge is 0.254 e. The van der Waals surface area contributed by atoms with E-state index in [0.717, 1.165) is 59.0 Å². The summed E-state index contributed by atoms with van der Waals surface area (Å²) in [6.45, 7) is 9.36. The summed E-state index contributed by atoms with van der Waals surface area (Å²) in [5.74, 6) is 0.953. The zero-order chi connectivity index (χ0) is 54.0. The van der Waals surface area contributed by atoms with E-state index in [2.05, 4.69) is 50.4 Å². The standard InChI is InChI=1S/C57H62N12O8S/c1-32(2)53(57(73)68-30-40(70)21-47(68)56(72)63-33(3)35-11-13-36(14-12-35)54-34(4)62-31-78-54)49-25-52(66-77-49)74-19-7-10-50-60-26-43(27-61-50)75-41-22-42(23-41)76-51-20-37(17-18-59-51)69-38-15-16-39(69)29-67(28-38)46-24-45(64-65-55(46)58)44-8-5-6-9-48(44)71/h5-14,17-18,20,24-27,31-33,38-42,47,53,70-71H,15-16,19,21-23,28-30H2,1-4H3,(H2,58,65)(H,63,72)/b10-7+/t33-,38?,39?,40+,41?,42?,47-,53+/m0/s1. The van der Waals surface area contributed by atoms with Crippen molar-refractivity contribution in [3.05, 3.63) is 126 Å². The number of pyridine rings is 1. The topological polar surface area (TPSA) is 253 Å². The maximum absolute atomic E-state index is 14.2. The van der Waals surface area contributed by atoms with Gasteiger partial charge in [-0.15, -0.1) is 21.5 Å². The Morgan fingerprint density at radius 1 is 0.897 bits per heavy atom. The number of nitrogens with two attached hydrogens (primary N) is 1. The number of anilines is 3. The fourth-order valence-electron chi connectivity index (χ4n) is 11.0. The highest BCUT2D eigenvalue weighted by molar-refractivity contribution is 7.13. The molecular formula is C57H62N12O8S. The highest BCUT2D eigenvalue weighted by atomic mass is 32.1. The summed E-state index contributed by atoms with van der Waals surface area (Å²) in [5.41, 5.74) is 14.2. The Bertz CT molecular complexity index is 3260. The molecule has 1 saturated carbocycles. The minimum absolute atomic E-state index is 0.0254. The summed E-state index contributed by atoms with van der Waals surface area (Å²) < 4.78 is 24.0. The Hall–Kier alpha value is -8.17. The van der Waals surface area contributed by atoms with E-state index in [0.29, 0.717) is 53.1 Å². The van der Waals surface area contributed by atoms with Crippen molar-refractivity contribution in [2.45, 2.75) is 108 Å². The van der Waals surface area contributed by atoms with Crippen molar-refractivity contribution >= 4 is 46.4 Å². The molecule has 21 heteroatoms. The summed E-state index contributed by atoms with van der Waals surface area (Å²) in [6, 6.07) is 22.0. The number of thiazole rings is 1. The molecule has 1 aliphatic carbocycles. The molecule has 5 N–H and O–H groups in total. The first-order chi connectivity index (χ1) is 37.8. The second-order valence-electron chi connectivity index (χ2n) is 20.8. The number of carbonyl (C=O) groups excluding carboxylic acids is 2. The molecule has 2 amide bonds. The third-order valence-corrected chi connectivity index (χ3v) is 16.1. The fourth-order valence-corrected chi connectivity index (χ4v) is 11.9. The van der Waals surface area contributed by atoms with Gasteiger partial charge in [-0.3, -0.25) is 9.59 Å². The van der Waals surface area contributed by atoms with Crippen LogP contribution in [0.2, 0.25) is 0 Å². The number of rotatable bonds is 18. The number of hydrogen-bond donors (Lipinski definition) is 4. The largest absolute Gasteiger partial charge is 0.507 e. The van der Waals surface area contributed by atoms with Crippen LogP contribution in [0.5, 0.6) is 23.3 Å². The number of aliphatic hydroxyl groups is 1. The number of likely N-dealkylation sites (tertiary alicyclic amines) is 1. The van der Waals surface area contributed by atoms with Gasteiger partial charge in [-0.25, -0.2) is 19.9 Å². The van der Waals surface area contributed by atoms with Crippen LogP contribution in [0.3, 0.4) is 0 Å². The van der Waals surface area contributed by atoms with Gasteiger partial charge >= 0.3 is 0 Å². The van der Waals surface area contributed by atoms with Crippen LogP contribution >= 0.6 is 11.3 Å². The van der Waals surface area contributed by atoms with Gasteiger partial charge in [0.1, 0.15) is 36.5 Å². The zero-order valence-corrected chi connectivity index (χ0v) is 44.6. The number of aryl methyl sites for hydroxylation is 1. The van der Waals surface area contributed by atoms with Gasteiger partial charge in [0.25, 0.3) is 5.88 Å². The van der Waals surface area contributed by atoms with Gasteiger partial charge < -0.3 is 54.7 Å². The van der Waals surface area contributed by atoms with Crippen LogP contribution in [0.15, 0.2) is 107 Å². The van der Waals surface area contributed by atoms with E-state index in [1.807, 2.05) is 87.8 Å². The van der Waals surface area contributed by atoms with Gasteiger partial charge in [-0.1, -0.05) is 50.2 Å². The molecule has 0 radical (unpaired) electrons. The number of hydrogen-bond acceptors (Lipinski definition) is 19. The number of phenolic OH excluding ortho intramolecular Hbond substituents is 1. The Morgan fingerprint density at radius 2 is 1.65 bits per heavy atom. The molecule has 2 bridgehead atoms. The number of aromatic hydroxyl groups is 1. The van der Waals surface area contributed by atoms with E-state index >= 15 is 0 Å². The first-order valence-corrected chi connectivity index (χ1v) is 27.3. The number of β-amino-alcohol motifs (C(OH)–C–C–N with tert-alkyl or cyclic N) is 1. The molecule has 11 rings (SSSR count). The van der Waals surface area contributed by atoms with E-state index in [1.165, 1.54) is 4.90 Å². The molecule has 5 aromatic heterocycles. The quantitative estimate of drug-likeness (QED) is 0.0647. The number of ether oxygens (including phenoxy) is 3. The number of nitrogen functional groups attached to an aromatic ring is 1. The van der Waals surface area contributed by atoms with Gasteiger partial charge in [0.15, 0.2) is 23.2 Å². The molecule has 6 atom stereocenters. The lowest BCUT2D eigenvalue weighted by molar-refractivity contribution is -0.141. The third kappa shape index (κ3) is 11.2. The number of aliphatic hydroxyl groups excluding tert-OH is 1. The van der Waals surface area contributed by atoms with E-state index in [4.69, 9.17) is 24.5 Å². The van der Waals surface area contributed by atoms with Crippen molar-refractivity contribution in [2.75, 3.05) is 41.8 Å². The molecule has 4 aliphatic rings. The van der Waals surface area contributed by atoms with Crippen LogP contribution in [0.4, 0.5) is 17.2 Å². The minimum Gasteiger partial charge on any atom is -0.507 e. The van der Waals surface area contributed by atoms with Gasteiger partial charge in [-0.2, -0.15) is 0 Å². The van der Waals surface area contributed by atoms with Crippen molar-refractivity contribution in [1.29, 1.82) is 0 Å². The normalized spacial score (nSPS) is 21.6. The molecule has 20 nitrogen and oxygen atoms in total. The molecule has 78 heavy (non-hydrogen) atoms. The van der Waals surface area contributed by atoms with E-state index in [-0.39, 0.29) is 79.3 Å². The maximum atomic E-state index is 14.2. The second kappa shape index (κ2) is 22.4. The molecule has 3 saturated heterocycles. The first-order valence-electron chi connectivity index (χ1n) is 26.4. The summed E-state index contributed by atoms with van der Waals surface area (Å²) in [6.07, 6.45) is 11.2. The number of aromatic nitrogens is 7. The Labute approximate surface area is 455 Å². The van der Waals surface area contributed by atoms with Crippen LogP contribution in [0, 0.1) is 12.8 Å². The number of phenols is 1. The van der Waals surface area contributed by atoms with Crippen molar-refractivity contribution in [2.24, 2.45) is 5.92 Å². The maximum Gasteiger partial charge on any atom is 0.254 e. The number of nitrogens with one attached hydrogen (secondary N) is 1. The average molecular weight is 1080 g/mol. The third-order valence-electron chi connectivity index (χ3n) is 15.1. The van der Waals surface area contributed by atoms with Crippen LogP contribution in [-0.2, 0) is 9.59 Å². The lowest BCUT2D eigenvalue weighted by atomic mass is 9.91. The van der Waals surface area contributed by atoms with Crippen LogP contribution in [-0.4, -0.2) is 125 Å². The summed E-state index contributed by atoms with van der Waals surface area (Å²) in [4.78, 5) is 53.0. The predicted octanol–water partition coefficient (Wildman–Crippen LogP) is 7.55. The SMILES string of the molecule is Cc1ncsc1-c1ccc([C@H](C)NC(=O)[C@@H]2C[C@@H](O)CN2C(=O)[C@@H](c2cc(OC/C=C/c3ncc(OC4CC(Oc5cc(N6C7CCC6CN(c6cc(-c8ccccc8O)nnc6N)C7)ccn5)C4)cn3)no2)C(C)C)cc1. The number of piperazine rings is 1. The monoisotopic (exact) mass is 1070 g/mol. The molecule has 2 unspecified atom stereocenters. The lowest BCUT2D eigenvalue weighted by Gasteiger charge is -2.43. The predicted molar refractivity (Wildman–Crippen MR) is 293 cm³/mol. The molecule has 8 heterocycles. The van der Waals surface area contributed by atoms with Crippen molar-refractivity contribution < 1.29 is 38.5 Å². The number of para-hydroxylation sites is 1. The van der Waals surface area contributed by atoms with Crippen LogP contribution < -0.4 is 35.1 Å². The Balaban J connectivity index is 0.623. The number of benzene rings is 2. The summed E-state index contributed by atoms with van der Waals surface area (Å²) in [7, 11) is 0. The highest BCUT2D eigenvalue weighted by Crippen LogP contribution is 2.41. The Kier molecular flexibility index (Phi) is 14.9. The minimum atomic E-state index is -0.857. The number of nitrogens with zero attached hydrogens (tertiary/aromatic N) is 10. The fraction of sp³-hybridized carbons (Fsp3) is 0.386. The number of fused-ring (bicyclic) bond motifs is 2. The zero-order valence-electron chi connectivity index (χ0n) is 43.8. The van der Waals surface area contributed by atoms with E-state index in [1.54, 1.807) is 60.3 Å². The van der Waals surface area contributed by atoms with Gasteiger partial charge in [0.05, 0.1) is 52.0 Å². The molecule has 3 aliphatic heterocycles.